The predicted octanol–water partition coefficient (Wildman–Crippen LogP) is 2.64. The van der Waals surface area contributed by atoms with Crippen molar-refractivity contribution < 1.29 is 22.7 Å². The number of sulfonamides is 1. The van der Waals surface area contributed by atoms with Crippen molar-refractivity contribution in [2.24, 2.45) is 0 Å². The number of nitrogens with zero attached hydrogens (tertiary/aromatic N) is 3. The number of imide groups is 1. The minimum Gasteiger partial charge on any atom is -0.497 e. The Hall–Kier alpha value is -2.17. The fraction of sp³-hybridized carbons (Fsp3) is 0.333. The van der Waals surface area contributed by atoms with Crippen molar-refractivity contribution in [1.82, 2.24) is 9.21 Å². The summed E-state index contributed by atoms with van der Waals surface area (Å²) >= 11 is 12.0. The molecule has 170 valence electrons. The fourth-order valence-electron chi connectivity index (χ4n) is 3.99. The highest BCUT2D eigenvalue weighted by Crippen LogP contribution is 2.31. The van der Waals surface area contributed by atoms with E-state index in [4.69, 9.17) is 27.9 Å². The Balaban J connectivity index is 1.45. The highest BCUT2D eigenvalue weighted by atomic mass is 35.5. The molecular formula is C21H21Cl2N3O5S. The van der Waals surface area contributed by atoms with Crippen LogP contribution in [0.5, 0.6) is 5.75 Å². The van der Waals surface area contributed by atoms with Crippen LogP contribution in [-0.4, -0.2) is 68.8 Å². The van der Waals surface area contributed by atoms with Crippen molar-refractivity contribution in [2.45, 2.75) is 17.4 Å². The van der Waals surface area contributed by atoms with Crippen molar-refractivity contribution in [3.63, 3.8) is 0 Å². The second-order valence-electron chi connectivity index (χ2n) is 7.53. The molecule has 0 saturated carbocycles. The van der Waals surface area contributed by atoms with E-state index in [1.807, 2.05) is 4.90 Å². The van der Waals surface area contributed by atoms with Gasteiger partial charge in [-0.05, 0) is 42.5 Å². The van der Waals surface area contributed by atoms with Gasteiger partial charge in [-0.25, -0.2) is 13.3 Å². The second-order valence-corrected chi connectivity index (χ2v) is 10.3. The number of methoxy groups -OCH3 is 1. The largest absolute Gasteiger partial charge is 0.497 e. The maximum atomic E-state index is 13.0. The summed E-state index contributed by atoms with van der Waals surface area (Å²) in [6.07, 6.45) is 0.0220. The molecule has 2 amide bonds. The molecule has 0 aromatic heterocycles. The van der Waals surface area contributed by atoms with Gasteiger partial charge in [0.1, 0.15) is 5.75 Å². The zero-order chi connectivity index (χ0) is 23.0. The van der Waals surface area contributed by atoms with Crippen LogP contribution in [0.1, 0.15) is 6.42 Å². The summed E-state index contributed by atoms with van der Waals surface area (Å²) in [6, 6.07) is 10.1. The van der Waals surface area contributed by atoms with Crippen LogP contribution in [0.15, 0.2) is 47.4 Å². The van der Waals surface area contributed by atoms with E-state index < -0.39 is 16.1 Å². The number of halogens is 2. The molecule has 0 radical (unpaired) electrons. The highest BCUT2D eigenvalue weighted by molar-refractivity contribution is 7.89. The smallest absolute Gasteiger partial charge is 0.251 e. The lowest BCUT2D eigenvalue weighted by atomic mass is 10.2. The Morgan fingerprint density at radius 2 is 1.53 bits per heavy atom. The predicted molar refractivity (Wildman–Crippen MR) is 121 cm³/mol. The van der Waals surface area contributed by atoms with Gasteiger partial charge >= 0.3 is 0 Å². The molecule has 4 rings (SSSR count). The Morgan fingerprint density at radius 3 is 2.09 bits per heavy atom. The molecule has 0 unspecified atom stereocenters. The van der Waals surface area contributed by atoms with Crippen molar-refractivity contribution >= 4 is 50.7 Å². The Bertz CT molecular complexity index is 1130. The number of anilines is 1. The molecule has 2 aromatic rings. The van der Waals surface area contributed by atoms with E-state index in [0.29, 0.717) is 34.6 Å². The minimum atomic E-state index is -3.66. The Kier molecular flexibility index (Phi) is 6.46. The minimum absolute atomic E-state index is 0.0220. The molecule has 2 aliphatic heterocycles. The summed E-state index contributed by atoms with van der Waals surface area (Å²) in [6.45, 7) is 1.11. The molecule has 0 aliphatic carbocycles. The molecule has 2 saturated heterocycles. The normalized spacial score (nSPS) is 20.7. The first-order valence-corrected chi connectivity index (χ1v) is 12.1. The molecule has 1 atom stereocenters. The average molecular weight is 498 g/mol. The van der Waals surface area contributed by atoms with Gasteiger partial charge in [-0.15, -0.1) is 0 Å². The standard InChI is InChI=1S/C21H21Cl2N3O5S/c1-31-17-2-4-18(5-3-17)32(29,30)25-8-6-24(7-9-25)19-13-20(27)26(21(19)28)16-11-14(22)10-15(23)12-16/h2-5,10-12,19H,6-9,13H2,1H3/t19-/m0/s1. The van der Waals surface area contributed by atoms with Gasteiger partial charge in [-0.1, -0.05) is 23.2 Å². The van der Waals surface area contributed by atoms with Gasteiger partial charge in [0, 0.05) is 36.2 Å². The SMILES string of the molecule is COc1ccc(S(=O)(=O)N2CCN([C@H]3CC(=O)N(c4cc(Cl)cc(Cl)c4)C3=O)CC2)cc1. The number of benzene rings is 2. The number of rotatable bonds is 5. The Labute approximate surface area is 196 Å². The summed E-state index contributed by atoms with van der Waals surface area (Å²) < 4.78 is 32.4. The highest BCUT2D eigenvalue weighted by Gasteiger charge is 2.44. The maximum Gasteiger partial charge on any atom is 0.251 e. The molecule has 32 heavy (non-hydrogen) atoms. The van der Waals surface area contributed by atoms with Crippen LogP contribution in [-0.2, 0) is 19.6 Å². The van der Waals surface area contributed by atoms with E-state index in [1.165, 1.54) is 41.7 Å². The van der Waals surface area contributed by atoms with E-state index in [2.05, 4.69) is 0 Å². The number of amides is 2. The third-order valence-corrected chi connectivity index (χ3v) is 7.99. The van der Waals surface area contributed by atoms with Crippen molar-refractivity contribution in [3.05, 3.63) is 52.5 Å². The topological polar surface area (TPSA) is 87.2 Å². The molecule has 0 spiro atoms. The van der Waals surface area contributed by atoms with E-state index in [9.17, 15) is 18.0 Å². The molecular weight excluding hydrogens is 477 g/mol. The van der Waals surface area contributed by atoms with Crippen molar-refractivity contribution in [2.75, 3.05) is 38.2 Å². The van der Waals surface area contributed by atoms with E-state index >= 15 is 0 Å². The van der Waals surface area contributed by atoms with Gasteiger partial charge < -0.3 is 4.74 Å². The average Bonchev–Trinajstić information content (AvgIpc) is 3.07. The third kappa shape index (κ3) is 4.35. The van der Waals surface area contributed by atoms with Crippen molar-refractivity contribution in [3.8, 4) is 5.75 Å². The monoisotopic (exact) mass is 497 g/mol. The summed E-state index contributed by atoms with van der Waals surface area (Å²) in [5.41, 5.74) is 0.334. The van der Waals surface area contributed by atoms with E-state index in [-0.39, 0.29) is 36.2 Å². The first-order valence-electron chi connectivity index (χ1n) is 9.92. The molecule has 0 N–H and O–H groups in total. The van der Waals surface area contributed by atoms with E-state index in [1.54, 1.807) is 12.1 Å². The first-order chi connectivity index (χ1) is 15.2. The zero-order valence-corrected chi connectivity index (χ0v) is 19.5. The van der Waals surface area contributed by atoms with Gasteiger partial charge in [0.05, 0.1) is 30.2 Å². The lowest BCUT2D eigenvalue weighted by Gasteiger charge is -2.36. The van der Waals surface area contributed by atoms with Gasteiger partial charge in [-0.3, -0.25) is 14.5 Å². The van der Waals surface area contributed by atoms with Gasteiger partial charge in [-0.2, -0.15) is 4.31 Å². The van der Waals surface area contributed by atoms with Crippen LogP contribution in [0.25, 0.3) is 0 Å². The van der Waals surface area contributed by atoms with E-state index in [0.717, 1.165) is 4.90 Å². The van der Waals surface area contributed by atoms with Crippen LogP contribution in [0.3, 0.4) is 0 Å². The lowest BCUT2D eigenvalue weighted by molar-refractivity contribution is -0.123. The zero-order valence-electron chi connectivity index (χ0n) is 17.2. The van der Waals surface area contributed by atoms with Crippen LogP contribution < -0.4 is 9.64 Å². The van der Waals surface area contributed by atoms with Crippen LogP contribution in [0.4, 0.5) is 5.69 Å². The summed E-state index contributed by atoms with van der Waals surface area (Å²) in [5.74, 6) is -0.130. The summed E-state index contributed by atoms with van der Waals surface area (Å²) in [4.78, 5) is 28.8. The molecule has 2 fully saturated rings. The second kappa shape index (κ2) is 8.99. The molecule has 2 heterocycles. The molecule has 2 aromatic carbocycles. The number of hydrogen-bond acceptors (Lipinski definition) is 6. The van der Waals surface area contributed by atoms with Crippen LogP contribution in [0, 0.1) is 0 Å². The summed E-state index contributed by atoms with van der Waals surface area (Å²) in [7, 11) is -2.15. The Morgan fingerprint density at radius 1 is 0.938 bits per heavy atom. The maximum absolute atomic E-state index is 13.0. The van der Waals surface area contributed by atoms with Crippen LogP contribution in [0.2, 0.25) is 10.0 Å². The van der Waals surface area contributed by atoms with Gasteiger partial charge in [0.15, 0.2) is 0 Å². The molecule has 0 bridgehead atoms. The number of piperazine rings is 1. The van der Waals surface area contributed by atoms with Crippen LogP contribution >= 0.6 is 23.2 Å². The molecule has 8 nitrogen and oxygen atoms in total. The first kappa shape index (κ1) is 23.0. The molecule has 2 aliphatic rings. The number of ether oxygens (including phenoxy) is 1. The summed E-state index contributed by atoms with van der Waals surface area (Å²) in [5, 5.41) is 0.655. The number of carbonyl (C=O) groups is 2. The number of carbonyl (C=O) groups excluding carboxylic acids is 2. The number of hydrogen-bond donors (Lipinski definition) is 0. The molecule has 11 heteroatoms. The van der Waals surface area contributed by atoms with Gasteiger partial charge in [0.25, 0.3) is 5.91 Å². The third-order valence-electron chi connectivity index (χ3n) is 5.64. The van der Waals surface area contributed by atoms with Gasteiger partial charge in [0.2, 0.25) is 15.9 Å². The van der Waals surface area contributed by atoms with Crippen molar-refractivity contribution in [1.29, 1.82) is 0 Å². The fourth-order valence-corrected chi connectivity index (χ4v) is 5.93. The lowest BCUT2D eigenvalue weighted by Crippen LogP contribution is -2.53. The quantitative estimate of drug-likeness (QED) is 0.590.